The minimum atomic E-state index is -0.269. The van der Waals surface area contributed by atoms with E-state index < -0.39 is 0 Å². The summed E-state index contributed by atoms with van der Waals surface area (Å²) in [6.45, 7) is 0. The number of hydrogen-bond acceptors (Lipinski definition) is 4. The van der Waals surface area contributed by atoms with E-state index >= 15 is 0 Å². The molecule has 0 saturated carbocycles. The van der Waals surface area contributed by atoms with E-state index in [2.05, 4.69) is 4.98 Å². The van der Waals surface area contributed by atoms with Crippen molar-refractivity contribution in [2.75, 3.05) is 5.73 Å². The van der Waals surface area contributed by atoms with Gasteiger partial charge in [-0.15, -0.1) is 4.73 Å². The van der Waals surface area contributed by atoms with E-state index in [1.54, 1.807) is 0 Å². The molecule has 1 rings (SSSR count). The van der Waals surface area contributed by atoms with Crippen LogP contribution in [0.1, 0.15) is 0 Å². The van der Waals surface area contributed by atoms with Gasteiger partial charge in [-0.2, -0.15) is 0 Å². The average molecular weight is 126 g/mol. The maximum atomic E-state index is 8.75. The van der Waals surface area contributed by atoms with Crippen molar-refractivity contribution in [2.24, 2.45) is 0 Å². The highest BCUT2D eigenvalue weighted by Gasteiger charge is 1.90. The summed E-state index contributed by atoms with van der Waals surface area (Å²) in [5, 5.41) is 15.6. The second-order valence-corrected chi connectivity index (χ2v) is 1.51. The van der Waals surface area contributed by atoms with Crippen LogP contribution in [-0.2, 0) is 0 Å². The van der Waals surface area contributed by atoms with Crippen LogP contribution in [0.25, 0.3) is 0 Å². The molecular weight excluding hydrogens is 120 g/mol. The van der Waals surface area contributed by atoms with Gasteiger partial charge in [0.2, 0.25) is 0 Å². The first-order chi connectivity index (χ1) is 4.22. The third-order valence-corrected chi connectivity index (χ3v) is 0.887. The lowest BCUT2D eigenvalue weighted by molar-refractivity contribution is 0.171. The van der Waals surface area contributed by atoms with Gasteiger partial charge in [0.25, 0.3) is 5.62 Å². The van der Waals surface area contributed by atoms with Gasteiger partial charge in [-0.25, -0.2) is 4.98 Å². The number of hydrogen-bond donors (Lipinski definition) is 3. The van der Waals surface area contributed by atoms with E-state index in [-0.39, 0.29) is 11.4 Å². The lowest BCUT2D eigenvalue weighted by Gasteiger charge is -1.97. The highest BCUT2D eigenvalue weighted by molar-refractivity contribution is 5.23. The largest absolute Gasteiger partial charge is 0.423 e. The number of nitrogens with zero attached hydrogens (tertiary/aromatic N) is 2. The molecular formula is C4H6N4O. The fraction of sp³-hybridized carbons (Fsp3) is 0. The monoisotopic (exact) mass is 126 g/mol. The highest BCUT2D eigenvalue weighted by Crippen LogP contribution is 1.88. The topological polar surface area (TPSA) is 87.9 Å². The molecule has 0 aromatic carbocycles. The Balaban J connectivity index is 3.43. The van der Waals surface area contributed by atoms with Crippen molar-refractivity contribution in [3.63, 3.8) is 0 Å². The van der Waals surface area contributed by atoms with Crippen molar-refractivity contribution >= 4 is 5.82 Å². The third kappa shape index (κ3) is 0.835. The molecule has 4 N–H and O–H groups in total. The number of anilines is 1. The Bertz CT molecular complexity index is 266. The zero-order valence-electron chi connectivity index (χ0n) is 4.57. The lowest BCUT2D eigenvalue weighted by Crippen LogP contribution is -2.22. The lowest BCUT2D eigenvalue weighted by atomic mass is 10.6. The smallest absolute Gasteiger partial charge is 0.257 e. The summed E-state index contributed by atoms with van der Waals surface area (Å²) in [6, 6.07) is 1.40. The van der Waals surface area contributed by atoms with Gasteiger partial charge in [-0.05, 0) is 0 Å². The van der Waals surface area contributed by atoms with Gasteiger partial charge in [0.15, 0.2) is 0 Å². The number of nitrogen functional groups attached to an aromatic ring is 1. The fourth-order valence-corrected chi connectivity index (χ4v) is 0.432. The van der Waals surface area contributed by atoms with Crippen LogP contribution in [-0.4, -0.2) is 14.9 Å². The normalized spacial score (nSPS) is 9.33. The van der Waals surface area contributed by atoms with E-state index in [1.165, 1.54) is 12.3 Å². The second-order valence-electron chi connectivity index (χ2n) is 1.51. The van der Waals surface area contributed by atoms with Crippen molar-refractivity contribution in [3.05, 3.63) is 17.9 Å². The molecule has 9 heavy (non-hydrogen) atoms. The van der Waals surface area contributed by atoms with Crippen LogP contribution < -0.4 is 11.4 Å². The van der Waals surface area contributed by atoms with E-state index in [0.29, 0.717) is 4.73 Å². The number of aromatic nitrogens is 2. The second kappa shape index (κ2) is 1.77. The summed E-state index contributed by atoms with van der Waals surface area (Å²) < 4.78 is 0.500. The Kier molecular flexibility index (Phi) is 1.11. The number of nitrogens with two attached hydrogens (primary N) is 1. The SMILES string of the molecule is N=c1nccc(N)n1O. The number of nitrogens with one attached hydrogen (secondary N) is 1. The highest BCUT2D eigenvalue weighted by atomic mass is 16.5. The molecule has 0 fully saturated rings. The zero-order valence-corrected chi connectivity index (χ0v) is 4.57. The predicted molar refractivity (Wildman–Crippen MR) is 29.7 cm³/mol. The third-order valence-electron chi connectivity index (χ3n) is 0.887. The minimum Gasteiger partial charge on any atom is -0.423 e. The van der Waals surface area contributed by atoms with Gasteiger partial charge in [-0.3, -0.25) is 5.41 Å². The van der Waals surface area contributed by atoms with Gasteiger partial charge >= 0.3 is 0 Å². The molecule has 48 valence electrons. The Morgan fingerprint density at radius 3 is 2.89 bits per heavy atom. The molecule has 5 heteroatoms. The molecule has 0 saturated heterocycles. The molecule has 0 unspecified atom stereocenters. The Morgan fingerprint density at radius 1 is 1.78 bits per heavy atom. The Hall–Kier alpha value is -1.52. The quantitative estimate of drug-likeness (QED) is 0.397. The minimum absolute atomic E-state index is 0.106. The van der Waals surface area contributed by atoms with Crippen molar-refractivity contribution in [1.82, 2.24) is 9.71 Å². The Morgan fingerprint density at radius 2 is 2.44 bits per heavy atom. The van der Waals surface area contributed by atoms with Crippen LogP contribution in [0.2, 0.25) is 0 Å². The average Bonchev–Trinajstić information content (AvgIpc) is 1.83. The molecule has 1 aromatic rings. The van der Waals surface area contributed by atoms with Crippen LogP contribution in [0.5, 0.6) is 0 Å². The van der Waals surface area contributed by atoms with E-state index in [4.69, 9.17) is 16.4 Å². The van der Waals surface area contributed by atoms with Crippen LogP contribution in [0.4, 0.5) is 5.82 Å². The van der Waals surface area contributed by atoms with Crippen LogP contribution in [0.15, 0.2) is 12.3 Å². The molecule has 0 aliphatic heterocycles. The first kappa shape index (κ1) is 5.61. The van der Waals surface area contributed by atoms with Gasteiger partial charge in [0.05, 0.1) is 0 Å². The van der Waals surface area contributed by atoms with E-state index in [1.807, 2.05) is 0 Å². The fourth-order valence-electron chi connectivity index (χ4n) is 0.432. The van der Waals surface area contributed by atoms with E-state index in [0.717, 1.165) is 0 Å². The van der Waals surface area contributed by atoms with Crippen molar-refractivity contribution in [2.45, 2.75) is 0 Å². The van der Waals surface area contributed by atoms with Crippen LogP contribution in [0, 0.1) is 5.41 Å². The predicted octanol–water partition coefficient (Wildman–Crippen LogP) is -0.818. The summed E-state index contributed by atoms with van der Waals surface area (Å²) in [5.74, 6) is 0.106. The molecule has 0 aliphatic rings. The standard InChI is InChI=1S/C4H6N4O/c5-3-1-2-7-4(6)8(3)9/h1-2,6,9H,5H2. The summed E-state index contributed by atoms with van der Waals surface area (Å²) in [4.78, 5) is 3.44. The van der Waals surface area contributed by atoms with Crippen molar-refractivity contribution in [3.8, 4) is 0 Å². The molecule has 0 atom stereocenters. The summed E-state index contributed by atoms with van der Waals surface area (Å²) in [6.07, 6.45) is 1.35. The molecule has 0 aliphatic carbocycles. The number of rotatable bonds is 0. The summed E-state index contributed by atoms with van der Waals surface area (Å²) >= 11 is 0. The molecule has 0 amide bonds. The zero-order chi connectivity index (χ0) is 6.85. The molecule has 1 heterocycles. The summed E-state index contributed by atoms with van der Waals surface area (Å²) in [5.41, 5.74) is 4.91. The molecule has 0 spiro atoms. The maximum Gasteiger partial charge on any atom is 0.257 e. The molecule has 5 nitrogen and oxygen atoms in total. The van der Waals surface area contributed by atoms with Gasteiger partial charge in [-0.1, -0.05) is 0 Å². The summed E-state index contributed by atoms with van der Waals surface area (Å²) in [7, 11) is 0. The van der Waals surface area contributed by atoms with Crippen molar-refractivity contribution in [1.29, 1.82) is 5.41 Å². The molecule has 1 aromatic heterocycles. The van der Waals surface area contributed by atoms with Gasteiger partial charge < -0.3 is 10.9 Å². The van der Waals surface area contributed by atoms with Crippen molar-refractivity contribution < 1.29 is 5.21 Å². The maximum absolute atomic E-state index is 8.75. The van der Waals surface area contributed by atoms with Crippen LogP contribution in [0.3, 0.4) is 0 Å². The van der Waals surface area contributed by atoms with Crippen LogP contribution >= 0.6 is 0 Å². The van der Waals surface area contributed by atoms with E-state index in [9.17, 15) is 0 Å². The van der Waals surface area contributed by atoms with Gasteiger partial charge in [0, 0.05) is 12.3 Å². The molecule has 0 bridgehead atoms. The Labute approximate surface area is 50.9 Å². The first-order valence-corrected chi connectivity index (χ1v) is 2.29. The molecule has 0 radical (unpaired) electrons. The first-order valence-electron chi connectivity index (χ1n) is 2.29. The van der Waals surface area contributed by atoms with Gasteiger partial charge in [0.1, 0.15) is 5.82 Å².